The average molecular weight is 155 g/mol. The molecular weight excluding hydrogens is 138 g/mol. The minimum absolute atomic E-state index is 0.221. The topological polar surface area (TPSA) is 21.3 Å². The second-order valence-corrected chi connectivity index (χ2v) is 3.11. The molecule has 0 saturated carbocycles. The van der Waals surface area contributed by atoms with E-state index in [1.54, 1.807) is 7.11 Å². The Hall–Kier alpha value is -0.340. The van der Waals surface area contributed by atoms with Crippen LogP contribution >= 0.6 is 0 Å². The van der Waals surface area contributed by atoms with Crippen LogP contribution in [0.1, 0.15) is 19.8 Å². The van der Waals surface area contributed by atoms with Crippen molar-refractivity contribution in [3.8, 4) is 0 Å². The van der Waals surface area contributed by atoms with E-state index in [4.69, 9.17) is 4.74 Å². The minimum atomic E-state index is 0.221. The van der Waals surface area contributed by atoms with Crippen LogP contribution in [0.3, 0.4) is 0 Å². The van der Waals surface area contributed by atoms with Gasteiger partial charge in [-0.1, -0.05) is 19.1 Å². The molecule has 2 atom stereocenters. The minimum Gasteiger partial charge on any atom is -0.366 e. The lowest BCUT2D eigenvalue weighted by atomic mass is 10.1. The standard InChI is InChI=1S/C9H17NO/c1-8-4-3-5-9(11-2)10-7-6-8/h3-4,8-10H,5-7H2,1-2H3/b4-3-. The van der Waals surface area contributed by atoms with Gasteiger partial charge in [0.25, 0.3) is 0 Å². The number of methoxy groups -OCH3 is 1. The number of hydrogen-bond donors (Lipinski definition) is 1. The molecule has 1 aliphatic rings. The summed E-state index contributed by atoms with van der Waals surface area (Å²) in [4.78, 5) is 0. The van der Waals surface area contributed by atoms with E-state index in [1.165, 1.54) is 6.42 Å². The van der Waals surface area contributed by atoms with Crippen LogP contribution in [0.15, 0.2) is 12.2 Å². The predicted octanol–water partition coefficient (Wildman–Crippen LogP) is 1.53. The van der Waals surface area contributed by atoms with Crippen molar-refractivity contribution in [2.24, 2.45) is 5.92 Å². The van der Waals surface area contributed by atoms with Gasteiger partial charge in [0.2, 0.25) is 0 Å². The van der Waals surface area contributed by atoms with E-state index >= 15 is 0 Å². The second-order valence-electron chi connectivity index (χ2n) is 3.11. The van der Waals surface area contributed by atoms with E-state index in [2.05, 4.69) is 24.4 Å². The van der Waals surface area contributed by atoms with Crippen LogP contribution in [0, 0.1) is 5.92 Å². The first-order chi connectivity index (χ1) is 5.33. The number of allylic oxidation sites excluding steroid dienone is 1. The van der Waals surface area contributed by atoms with Gasteiger partial charge in [-0.25, -0.2) is 0 Å². The molecule has 2 nitrogen and oxygen atoms in total. The normalized spacial score (nSPS) is 35.8. The highest BCUT2D eigenvalue weighted by atomic mass is 16.5. The molecule has 0 radical (unpaired) electrons. The van der Waals surface area contributed by atoms with Crippen molar-refractivity contribution in [3.05, 3.63) is 12.2 Å². The highest BCUT2D eigenvalue weighted by Crippen LogP contribution is 2.08. The van der Waals surface area contributed by atoms with Gasteiger partial charge in [-0.15, -0.1) is 0 Å². The van der Waals surface area contributed by atoms with Crippen molar-refractivity contribution in [1.82, 2.24) is 5.32 Å². The van der Waals surface area contributed by atoms with Crippen LogP contribution in [-0.4, -0.2) is 19.9 Å². The monoisotopic (exact) mass is 155 g/mol. The third-order valence-electron chi connectivity index (χ3n) is 2.07. The van der Waals surface area contributed by atoms with Gasteiger partial charge < -0.3 is 4.74 Å². The van der Waals surface area contributed by atoms with Gasteiger partial charge in [0, 0.05) is 13.5 Å². The summed E-state index contributed by atoms with van der Waals surface area (Å²) in [5, 5.41) is 3.33. The third-order valence-corrected chi connectivity index (χ3v) is 2.07. The number of ether oxygens (including phenoxy) is 1. The van der Waals surface area contributed by atoms with Crippen LogP contribution in [0.4, 0.5) is 0 Å². The smallest absolute Gasteiger partial charge is 0.111 e. The first-order valence-electron chi connectivity index (χ1n) is 4.25. The molecule has 2 heteroatoms. The predicted molar refractivity (Wildman–Crippen MR) is 46.3 cm³/mol. The highest BCUT2D eigenvalue weighted by Gasteiger charge is 2.07. The molecule has 1 aliphatic heterocycles. The van der Waals surface area contributed by atoms with Gasteiger partial charge in [0.15, 0.2) is 0 Å². The summed E-state index contributed by atoms with van der Waals surface area (Å²) in [6.45, 7) is 3.30. The summed E-state index contributed by atoms with van der Waals surface area (Å²) in [6, 6.07) is 0. The molecule has 1 rings (SSSR count). The van der Waals surface area contributed by atoms with Gasteiger partial charge in [-0.05, 0) is 18.9 Å². The second kappa shape index (κ2) is 4.52. The largest absolute Gasteiger partial charge is 0.366 e. The summed E-state index contributed by atoms with van der Waals surface area (Å²) < 4.78 is 5.20. The fourth-order valence-electron chi connectivity index (χ4n) is 1.27. The fraction of sp³-hybridized carbons (Fsp3) is 0.778. The van der Waals surface area contributed by atoms with E-state index in [0.29, 0.717) is 5.92 Å². The zero-order valence-electron chi connectivity index (χ0n) is 7.34. The molecule has 1 heterocycles. The molecule has 0 amide bonds. The lowest BCUT2D eigenvalue weighted by Gasteiger charge is -2.19. The van der Waals surface area contributed by atoms with E-state index in [0.717, 1.165) is 13.0 Å². The van der Waals surface area contributed by atoms with Crippen LogP contribution in [-0.2, 0) is 4.74 Å². The third kappa shape index (κ3) is 3.04. The molecule has 0 aromatic heterocycles. The van der Waals surface area contributed by atoms with Crippen molar-refractivity contribution < 1.29 is 4.74 Å². The Morgan fingerprint density at radius 1 is 1.55 bits per heavy atom. The molecule has 0 fully saturated rings. The Morgan fingerprint density at radius 2 is 2.36 bits per heavy atom. The maximum absolute atomic E-state index is 5.20. The van der Waals surface area contributed by atoms with Crippen molar-refractivity contribution in [1.29, 1.82) is 0 Å². The molecule has 0 aromatic rings. The lowest BCUT2D eigenvalue weighted by molar-refractivity contribution is 0.0745. The molecule has 64 valence electrons. The number of nitrogens with one attached hydrogen (secondary N) is 1. The highest BCUT2D eigenvalue weighted by molar-refractivity contribution is 4.90. The van der Waals surface area contributed by atoms with Gasteiger partial charge in [-0.2, -0.15) is 0 Å². The molecule has 11 heavy (non-hydrogen) atoms. The first kappa shape index (κ1) is 8.75. The Morgan fingerprint density at radius 3 is 3.09 bits per heavy atom. The van der Waals surface area contributed by atoms with Crippen LogP contribution in [0.2, 0.25) is 0 Å². The Kier molecular flexibility index (Phi) is 3.60. The van der Waals surface area contributed by atoms with Gasteiger partial charge in [0.1, 0.15) is 6.23 Å². The van der Waals surface area contributed by atoms with Crippen molar-refractivity contribution in [3.63, 3.8) is 0 Å². The van der Waals surface area contributed by atoms with Crippen molar-refractivity contribution >= 4 is 0 Å². The first-order valence-corrected chi connectivity index (χ1v) is 4.25. The SMILES string of the molecule is COC1C/C=C\C(C)CCN1. The number of rotatable bonds is 1. The van der Waals surface area contributed by atoms with Crippen molar-refractivity contribution in [2.75, 3.05) is 13.7 Å². The summed E-state index contributed by atoms with van der Waals surface area (Å²) in [5.41, 5.74) is 0. The summed E-state index contributed by atoms with van der Waals surface area (Å²) in [7, 11) is 1.75. The van der Waals surface area contributed by atoms with Crippen molar-refractivity contribution in [2.45, 2.75) is 26.0 Å². The van der Waals surface area contributed by atoms with Gasteiger partial charge >= 0.3 is 0 Å². The maximum atomic E-state index is 5.20. The van der Waals surface area contributed by atoms with E-state index in [9.17, 15) is 0 Å². The molecule has 0 spiro atoms. The zero-order chi connectivity index (χ0) is 8.10. The molecule has 0 aromatic carbocycles. The van der Waals surface area contributed by atoms with E-state index in [-0.39, 0.29) is 6.23 Å². The quantitative estimate of drug-likeness (QED) is 0.580. The Balaban J connectivity index is 2.38. The van der Waals surface area contributed by atoms with Crippen LogP contribution < -0.4 is 5.32 Å². The van der Waals surface area contributed by atoms with Gasteiger partial charge in [0.05, 0.1) is 0 Å². The number of hydrogen-bond acceptors (Lipinski definition) is 2. The molecular formula is C9H17NO. The van der Waals surface area contributed by atoms with Crippen LogP contribution in [0.25, 0.3) is 0 Å². The van der Waals surface area contributed by atoms with Gasteiger partial charge in [-0.3, -0.25) is 5.32 Å². The zero-order valence-corrected chi connectivity index (χ0v) is 7.34. The average Bonchev–Trinajstić information content (AvgIpc) is 1.96. The van der Waals surface area contributed by atoms with E-state index in [1.807, 2.05) is 0 Å². The van der Waals surface area contributed by atoms with Crippen LogP contribution in [0.5, 0.6) is 0 Å². The summed E-state index contributed by atoms with van der Waals surface area (Å²) >= 11 is 0. The molecule has 0 aliphatic carbocycles. The molecule has 0 bridgehead atoms. The molecule has 0 saturated heterocycles. The summed E-state index contributed by atoms with van der Waals surface area (Å²) in [6.07, 6.45) is 6.88. The van der Waals surface area contributed by atoms with E-state index < -0.39 is 0 Å². The lowest BCUT2D eigenvalue weighted by Crippen LogP contribution is -2.32. The maximum Gasteiger partial charge on any atom is 0.111 e. The fourth-order valence-corrected chi connectivity index (χ4v) is 1.27. The Labute approximate surface area is 68.6 Å². The molecule has 1 N–H and O–H groups in total. The Bertz CT molecular complexity index is 134. The molecule has 2 unspecified atom stereocenters. The summed E-state index contributed by atoms with van der Waals surface area (Å²) in [5.74, 6) is 0.709.